The number of aliphatic hydroxyl groups is 1. The average molecular weight is 486 g/mol. The molecule has 0 saturated carbocycles. The van der Waals surface area contributed by atoms with Gasteiger partial charge in [-0.15, -0.1) is 0 Å². The molecule has 0 fully saturated rings. The summed E-state index contributed by atoms with van der Waals surface area (Å²) >= 11 is 0. The van der Waals surface area contributed by atoms with Crippen molar-refractivity contribution in [2.24, 2.45) is 12.0 Å². The Bertz CT molecular complexity index is 1410. The molecule has 0 aliphatic heterocycles. The number of aromatic nitrogens is 5. The minimum absolute atomic E-state index is 0.0221. The Morgan fingerprint density at radius 1 is 1.09 bits per heavy atom. The van der Waals surface area contributed by atoms with Crippen LogP contribution in [-0.4, -0.2) is 63.5 Å². The molecule has 0 radical (unpaired) electrons. The van der Waals surface area contributed by atoms with Crippen LogP contribution in [0.4, 0.5) is 14.5 Å². The summed E-state index contributed by atoms with van der Waals surface area (Å²) in [6.07, 6.45) is 4.06. The number of pyridine rings is 1. The van der Waals surface area contributed by atoms with Crippen molar-refractivity contribution in [2.75, 3.05) is 27.9 Å². The van der Waals surface area contributed by atoms with Gasteiger partial charge in [-0.05, 0) is 12.1 Å². The highest BCUT2D eigenvalue weighted by Gasteiger charge is 2.20. The SMILES string of the molecule is COCC(O)Cn1c(=Nc2c(F)c(OC)cc(OC)c2F)ccc2ncc(-c3cnn(C)c3)nc21. The number of rotatable bonds is 8. The van der Waals surface area contributed by atoms with Gasteiger partial charge in [0.15, 0.2) is 28.8 Å². The minimum Gasteiger partial charge on any atom is -0.493 e. The third-order valence-corrected chi connectivity index (χ3v) is 5.23. The smallest absolute Gasteiger partial charge is 0.193 e. The standard InChI is InChI=1S/C23H24F2N6O4/c1-30-10-13(8-27-30)16-9-26-15-5-6-19(31(23(15)28-16)11-14(32)12-33-2)29-22-20(24)17(34-3)7-18(35-4)21(22)25/h5-10,14,32H,11-12H2,1-4H3. The zero-order valence-corrected chi connectivity index (χ0v) is 19.6. The van der Waals surface area contributed by atoms with Gasteiger partial charge < -0.3 is 23.9 Å². The van der Waals surface area contributed by atoms with Crippen LogP contribution in [-0.2, 0) is 18.3 Å². The van der Waals surface area contributed by atoms with Crippen molar-refractivity contribution in [3.63, 3.8) is 0 Å². The number of ether oxygens (including phenoxy) is 3. The molecule has 0 spiro atoms. The second-order valence-corrected chi connectivity index (χ2v) is 7.65. The van der Waals surface area contributed by atoms with E-state index in [4.69, 9.17) is 14.2 Å². The van der Waals surface area contributed by atoms with Gasteiger partial charge in [0.1, 0.15) is 16.7 Å². The topological polar surface area (TPSA) is 109 Å². The van der Waals surface area contributed by atoms with Gasteiger partial charge in [0.2, 0.25) is 0 Å². The summed E-state index contributed by atoms with van der Waals surface area (Å²) in [7, 11) is 5.75. The van der Waals surface area contributed by atoms with Crippen molar-refractivity contribution >= 4 is 16.9 Å². The Kier molecular flexibility index (Phi) is 7.03. The minimum atomic E-state index is -0.995. The number of methoxy groups -OCH3 is 3. The number of aliphatic hydroxyl groups excluding tert-OH is 1. The van der Waals surface area contributed by atoms with Crippen LogP contribution in [0.15, 0.2) is 41.8 Å². The number of hydrogen-bond donors (Lipinski definition) is 1. The van der Waals surface area contributed by atoms with Crippen LogP contribution in [0.1, 0.15) is 0 Å². The van der Waals surface area contributed by atoms with Crippen LogP contribution >= 0.6 is 0 Å². The van der Waals surface area contributed by atoms with Crippen molar-refractivity contribution in [3.8, 4) is 22.8 Å². The van der Waals surface area contributed by atoms with Crippen molar-refractivity contribution in [1.82, 2.24) is 24.3 Å². The molecule has 3 aromatic heterocycles. The quantitative estimate of drug-likeness (QED) is 0.407. The Balaban J connectivity index is 1.99. The van der Waals surface area contributed by atoms with Crippen LogP contribution in [0, 0.1) is 11.6 Å². The van der Waals surface area contributed by atoms with Crippen molar-refractivity contribution in [3.05, 3.63) is 53.9 Å². The van der Waals surface area contributed by atoms with E-state index < -0.39 is 23.4 Å². The molecule has 0 bridgehead atoms. The molecule has 1 unspecified atom stereocenters. The summed E-state index contributed by atoms with van der Waals surface area (Å²) in [4.78, 5) is 13.4. The van der Waals surface area contributed by atoms with E-state index in [2.05, 4.69) is 20.1 Å². The number of aryl methyl sites for hydroxylation is 1. The van der Waals surface area contributed by atoms with Gasteiger partial charge >= 0.3 is 0 Å². The number of hydrogen-bond acceptors (Lipinski definition) is 8. The molecule has 12 heteroatoms. The van der Waals surface area contributed by atoms with Crippen LogP contribution < -0.4 is 15.0 Å². The maximum absolute atomic E-state index is 15.0. The highest BCUT2D eigenvalue weighted by molar-refractivity contribution is 5.73. The lowest BCUT2D eigenvalue weighted by Gasteiger charge is -2.16. The zero-order chi connectivity index (χ0) is 25.1. The molecular formula is C23H24F2N6O4. The van der Waals surface area contributed by atoms with E-state index in [0.717, 1.165) is 11.6 Å². The van der Waals surface area contributed by atoms with Gasteiger partial charge in [-0.1, -0.05) is 0 Å². The van der Waals surface area contributed by atoms with Crippen LogP contribution in [0.5, 0.6) is 11.5 Å². The number of fused-ring (bicyclic) bond motifs is 1. The third-order valence-electron chi connectivity index (χ3n) is 5.23. The molecule has 1 atom stereocenters. The lowest BCUT2D eigenvalue weighted by Crippen LogP contribution is -2.30. The van der Waals surface area contributed by atoms with E-state index in [1.54, 1.807) is 36.4 Å². The molecule has 35 heavy (non-hydrogen) atoms. The van der Waals surface area contributed by atoms with Crippen molar-refractivity contribution < 1.29 is 28.1 Å². The second-order valence-electron chi connectivity index (χ2n) is 7.65. The summed E-state index contributed by atoms with van der Waals surface area (Å²) in [6, 6.07) is 4.26. The highest BCUT2D eigenvalue weighted by atomic mass is 19.1. The molecule has 4 aromatic rings. The monoisotopic (exact) mass is 486 g/mol. The largest absolute Gasteiger partial charge is 0.493 e. The summed E-state index contributed by atoms with van der Waals surface area (Å²) in [5.74, 6) is -2.45. The molecule has 3 heterocycles. The molecule has 1 aromatic carbocycles. The van der Waals surface area contributed by atoms with E-state index in [1.807, 2.05) is 0 Å². The summed E-state index contributed by atoms with van der Waals surface area (Å²) in [6.45, 7) is -0.00617. The maximum Gasteiger partial charge on any atom is 0.193 e. The highest BCUT2D eigenvalue weighted by Crippen LogP contribution is 2.36. The normalized spacial score (nSPS) is 12.8. The molecule has 0 saturated heterocycles. The maximum atomic E-state index is 15.0. The average Bonchev–Trinajstić information content (AvgIpc) is 3.29. The Hall–Kier alpha value is -3.90. The molecule has 0 amide bonds. The molecular weight excluding hydrogens is 462 g/mol. The molecule has 0 aliphatic carbocycles. The fraction of sp³-hybridized carbons (Fsp3) is 0.304. The van der Waals surface area contributed by atoms with E-state index >= 15 is 8.78 Å². The fourth-order valence-electron chi connectivity index (χ4n) is 3.57. The second kappa shape index (κ2) is 10.2. The Morgan fingerprint density at radius 2 is 1.80 bits per heavy atom. The molecule has 184 valence electrons. The van der Waals surface area contributed by atoms with Gasteiger partial charge in [-0.3, -0.25) is 9.67 Å². The van der Waals surface area contributed by atoms with Gasteiger partial charge in [0.05, 0.1) is 51.6 Å². The predicted octanol–water partition coefficient (Wildman–Crippen LogP) is 2.37. The molecule has 0 aliphatic rings. The van der Waals surface area contributed by atoms with E-state index in [1.165, 1.54) is 32.0 Å². The van der Waals surface area contributed by atoms with E-state index in [0.29, 0.717) is 16.9 Å². The third kappa shape index (κ3) is 4.84. The first kappa shape index (κ1) is 24.2. The summed E-state index contributed by atoms with van der Waals surface area (Å²) in [5.41, 5.74) is 1.61. The predicted molar refractivity (Wildman–Crippen MR) is 122 cm³/mol. The summed E-state index contributed by atoms with van der Waals surface area (Å²) in [5, 5.41) is 14.6. The van der Waals surface area contributed by atoms with Gasteiger partial charge in [-0.25, -0.2) is 18.8 Å². The fourth-order valence-corrected chi connectivity index (χ4v) is 3.57. The molecule has 1 N–H and O–H groups in total. The zero-order valence-electron chi connectivity index (χ0n) is 19.6. The van der Waals surface area contributed by atoms with Gasteiger partial charge in [-0.2, -0.15) is 5.10 Å². The van der Waals surface area contributed by atoms with Crippen molar-refractivity contribution in [1.29, 1.82) is 0 Å². The van der Waals surface area contributed by atoms with Crippen LogP contribution in [0.25, 0.3) is 22.4 Å². The Morgan fingerprint density at radius 3 is 2.40 bits per heavy atom. The van der Waals surface area contributed by atoms with E-state index in [-0.39, 0.29) is 30.1 Å². The van der Waals surface area contributed by atoms with Gasteiger partial charge in [0, 0.05) is 32.0 Å². The number of nitrogens with zero attached hydrogens (tertiary/aromatic N) is 6. The molecule has 4 rings (SSSR count). The first-order valence-electron chi connectivity index (χ1n) is 10.5. The van der Waals surface area contributed by atoms with Crippen molar-refractivity contribution in [2.45, 2.75) is 12.6 Å². The van der Waals surface area contributed by atoms with Crippen LogP contribution in [0.2, 0.25) is 0 Å². The summed E-state index contributed by atoms with van der Waals surface area (Å²) < 4.78 is 48.3. The first-order chi connectivity index (χ1) is 16.9. The van der Waals surface area contributed by atoms with Crippen LogP contribution in [0.3, 0.4) is 0 Å². The van der Waals surface area contributed by atoms with E-state index in [9.17, 15) is 5.11 Å². The lowest BCUT2D eigenvalue weighted by atomic mass is 10.2. The number of benzene rings is 1. The Labute approximate surface area is 199 Å². The molecule has 10 nitrogen and oxygen atoms in total. The first-order valence-corrected chi connectivity index (χ1v) is 10.5. The van der Waals surface area contributed by atoms with Gasteiger partial charge in [0.25, 0.3) is 0 Å². The lowest BCUT2D eigenvalue weighted by molar-refractivity contribution is 0.0536. The number of halogens is 2.